The third-order valence-corrected chi connectivity index (χ3v) is 4.01. The van der Waals surface area contributed by atoms with Crippen molar-refractivity contribution in [3.63, 3.8) is 0 Å². The van der Waals surface area contributed by atoms with Gasteiger partial charge in [0, 0.05) is 10.6 Å². The minimum absolute atomic E-state index is 0.0678. The highest BCUT2D eigenvalue weighted by Crippen LogP contribution is 2.35. The molecular weight excluding hydrogens is 324 g/mol. The molecule has 0 fully saturated rings. The molecule has 0 unspecified atom stereocenters. The van der Waals surface area contributed by atoms with Crippen LogP contribution in [0, 0.1) is 0 Å². The molecule has 4 rings (SSSR count). The number of hydrogen-bond donors (Lipinski definition) is 3. The van der Waals surface area contributed by atoms with E-state index >= 15 is 0 Å². The minimum Gasteiger partial charge on any atom is -0.504 e. The van der Waals surface area contributed by atoms with Gasteiger partial charge in [-0.05, 0) is 17.7 Å². The molecule has 24 heavy (non-hydrogen) atoms. The molecule has 0 saturated carbocycles. The van der Waals surface area contributed by atoms with E-state index in [1.165, 1.54) is 0 Å². The highest BCUT2D eigenvalue weighted by molar-refractivity contribution is 6.30. The Kier molecular flexibility index (Phi) is 3.55. The van der Waals surface area contributed by atoms with Crippen molar-refractivity contribution in [3.05, 3.63) is 65.8 Å². The SMILES string of the molecule is Oc1c(-c2ccccc2)n[nH]c1-c1ncc(-c2ccc(Cl)cc2)[nH]1. The highest BCUT2D eigenvalue weighted by Gasteiger charge is 2.17. The second kappa shape index (κ2) is 5.86. The van der Waals surface area contributed by atoms with Crippen LogP contribution in [0.25, 0.3) is 34.0 Å². The van der Waals surface area contributed by atoms with Crippen molar-refractivity contribution in [3.8, 4) is 39.8 Å². The first-order valence-corrected chi connectivity index (χ1v) is 7.74. The average Bonchev–Trinajstić information content (AvgIpc) is 3.23. The predicted octanol–water partition coefficient (Wildman–Crippen LogP) is 4.49. The van der Waals surface area contributed by atoms with E-state index < -0.39 is 0 Å². The first-order chi connectivity index (χ1) is 11.7. The molecule has 0 atom stereocenters. The van der Waals surface area contributed by atoms with Gasteiger partial charge in [0.2, 0.25) is 0 Å². The third-order valence-electron chi connectivity index (χ3n) is 3.76. The maximum Gasteiger partial charge on any atom is 0.172 e. The summed E-state index contributed by atoms with van der Waals surface area (Å²) in [4.78, 5) is 7.52. The van der Waals surface area contributed by atoms with Crippen LogP contribution in [0.4, 0.5) is 0 Å². The molecule has 5 nitrogen and oxygen atoms in total. The largest absolute Gasteiger partial charge is 0.504 e. The molecule has 0 aliphatic heterocycles. The molecule has 0 aliphatic rings. The van der Waals surface area contributed by atoms with Gasteiger partial charge in [-0.3, -0.25) is 5.10 Å². The van der Waals surface area contributed by atoms with E-state index in [-0.39, 0.29) is 5.75 Å². The lowest BCUT2D eigenvalue weighted by molar-refractivity contribution is 0.479. The fraction of sp³-hybridized carbons (Fsp3) is 0. The van der Waals surface area contributed by atoms with Gasteiger partial charge in [0.25, 0.3) is 0 Å². The van der Waals surface area contributed by atoms with Gasteiger partial charge >= 0.3 is 0 Å². The number of aromatic amines is 2. The molecule has 0 radical (unpaired) electrons. The molecule has 2 aromatic heterocycles. The number of nitrogens with one attached hydrogen (secondary N) is 2. The smallest absolute Gasteiger partial charge is 0.172 e. The zero-order valence-corrected chi connectivity index (χ0v) is 13.2. The summed E-state index contributed by atoms with van der Waals surface area (Å²) < 4.78 is 0. The van der Waals surface area contributed by atoms with E-state index in [2.05, 4.69) is 20.2 Å². The number of hydrogen-bond acceptors (Lipinski definition) is 3. The molecule has 6 heteroatoms. The normalized spacial score (nSPS) is 10.9. The molecule has 0 aliphatic carbocycles. The van der Waals surface area contributed by atoms with Crippen LogP contribution in [-0.4, -0.2) is 25.3 Å². The van der Waals surface area contributed by atoms with E-state index in [0.29, 0.717) is 22.2 Å². The molecule has 0 saturated heterocycles. The molecule has 0 bridgehead atoms. The monoisotopic (exact) mass is 336 g/mol. The Morgan fingerprint density at radius 2 is 1.67 bits per heavy atom. The maximum atomic E-state index is 10.5. The van der Waals surface area contributed by atoms with Crippen LogP contribution in [0.15, 0.2) is 60.8 Å². The molecule has 2 aromatic carbocycles. The summed E-state index contributed by atoms with van der Waals surface area (Å²) in [6, 6.07) is 16.9. The maximum absolute atomic E-state index is 10.5. The minimum atomic E-state index is 0.0678. The van der Waals surface area contributed by atoms with Gasteiger partial charge in [0.15, 0.2) is 11.6 Å². The van der Waals surface area contributed by atoms with Crippen molar-refractivity contribution in [2.24, 2.45) is 0 Å². The first-order valence-electron chi connectivity index (χ1n) is 7.36. The fourth-order valence-electron chi connectivity index (χ4n) is 2.52. The van der Waals surface area contributed by atoms with E-state index in [9.17, 15) is 5.11 Å². The summed E-state index contributed by atoms with van der Waals surface area (Å²) in [6.07, 6.45) is 1.71. The highest BCUT2D eigenvalue weighted by atomic mass is 35.5. The van der Waals surface area contributed by atoms with E-state index in [1.807, 2.05) is 54.6 Å². The van der Waals surface area contributed by atoms with Crippen LogP contribution < -0.4 is 0 Å². The van der Waals surface area contributed by atoms with Crippen molar-refractivity contribution in [1.29, 1.82) is 0 Å². The number of benzene rings is 2. The van der Waals surface area contributed by atoms with Crippen LogP contribution in [0.1, 0.15) is 0 Å². The van der Waals surface area contributed by atoms with Crippen LogP contribution in [-0.2, 0) is 0 Å². The van der Waals surface area contributed by atoms with Gasteiger partial charge in [-0.15, -0.1) is 0 Å². The number of imidazole rings is 1. The Morgan fingerprint density at radius 1 is 0.917 bits per heavy atom. The van der Waals surface area contributed by atoms with Crippen molar-refractivity contribution in [2.45, 2.75) is 0 Å². The summed E-state index contributed by atoms with van der Waals surface area (Å²) in [5.41, 5.74) is 3.57. The van der Waals surface area contributed by atoms with E-state index in [0.717, 1.165) is 16.8 Å². The molecule has 0 amide bonds. The van der Waals surface area contributed by atoms with Gasteiger partial charge in [-0.1, -0.05) is 54.1 Å². The van der Waals surface area contributed by atoms with Crippen LogP contribution in [0.3, 0.4) is 0 Å². The van der Waals surface area contributed by atoms with Gasteiger partial charge in [0.1, 0.15) is 11.4 Å². The number of halogens is 1. The van der Waals surface area contributed by atoms with E-state index in [4.69, 9.17) is 11.6 Å². The summed E-state index contributed by atoms with van der Waals surface area (Å²) in [5, 5.41) is 18.2. The molecule has 4 aromatic rings. The van der Waals surface area contributed by atoms with Crippen LogP contribution in [0.2, 0.25) is 5.02 Å². The second-order valence-electron chi connectivity index (χ2n) is 5.31. The number of aromatic nitrogens is 4. The average molecular weight is 337 g/mol. The van der Waals surface area contributed by atoms with Crippen LogP contribution in [0.5, 0.6) is 5.75 Å². The molecule has 0 spiro atoms. The van der Waals surface area contributed by atoms with Gasteiger partial charge in [-0.2, -0.15) is 5.10 Å². The Morgan fingerprint density at radius 3 is 2.42 bits per heavy atom. The first kappa shape index (κ1) is 14.5. The lowest BCUT2D eigenvalue weighted by Gasteiger charge is -1.98. The Labute approximate surface area is 143 Å². The fourth-order valence-corrected chi connectivity index (χ4v) is 2.65. The second-order valence-corrected chi connectivity index (χ2v) is 5.75. The van der Waals surface area contributed by atoms with Crippen molar-refractivity contribution < 1.29 is 5.11 Å². The van der Waals surface area contributed by atoms with Gasteiger partial charge in [-0.25, -0.2) is 4.98 Å². The third kappa shape index (κ3) is 2.55. The lowest BCUT2D eigenvalue weighted by atomic mass is 10.1. The van der Waals surface area contributed by atoms with Crippen LogP contribution >= 0.6 is 11.6 Å². The summed E-state index contributed by atoms with van der Waals surface area (Å²) in [5.74, 6) is 0.588. The Bertz CT molecular complexity index is 974. The predicted molar refractivity (Wildman–Crippen MR) is 93.7 cm³/mol. The zero-order chi connectivity index (χ0) is 16.5. The zero-order valence-electron chi connectivity index (χ0n) is 12.5. The van der Waals surface area contributed by atoms with Crippen molar-refractivity contribution in [2.75, 3.05) is 0 Å². The van der Waals surface area contributed by atoms with Gasteiger partial charge < -0.3 is 10.1 Å². The topological polar surface area (TPSA) is 77.6 Å². The Hall–Kier alpha value is -3.05. The summed E-state index contributed by atoms with van der Waals surface area (Å²) in [7, 11) is 0. The summed E-state index contributed by atoms with van der Waals surface area (Å²) in [6.45, 7) is 0. The number of nitrogens with zero attached hydrogens (tertiary/aromatic N) is 2. The number of H-pyrrole nitrogens is 2. The summed E-state index contributed by atoms with van der Waals surface area (Å²) >= 11 is 5.91. The standard InChI is InChI=1S/C18H13ClN4O/c19-13-8-6-11(7-9-13)14-10-20-18(21-14)16-17(24)15(22-23-16)12-4-2-1-3-5-12/h1-10,24H,(H,20,21)(H,22,23). The van der Waals surface area contributed by atoms with E-state index in [1.54, 1.807) is 6.20 Å². The molecule has 118 valence electrons. The Balaban J connectivity index is 1.71. The number of aromatic hydroxyl groups is 1. The molecular formula is C18H13ClN4O. The molecule has 2 heterocycles. The van der Waals surface area contributed by atoms with Gasteiger partial charge in [0.05, 0.1) is 11.9 Å². The quantitative estimate of drug-likeness (QED) is 0.515. The van der Waals surface area contributed by atoms with Crippen molar-refractivity contribution >= 4 is 11.6 Å². The van der Waals surface area contributed by atoms with Crippen molar-refractivity contribution in [1.82, 2.24) is 20.2 Å². The lowest BCUT2D eigenvalue weighted by Crippen LogP contribution is -1.82. The molecule has 3 N–H and O–H groups in total. The number of rotatable bonds is 3.